The molecule has 3 aliphatic heterocycles. The minimum atomic E-state index is 0.684. The van der Waals surface area contributed by atoms with Gasteiger partial charge in [0.05, 0.1) is 13.2 Å². The van der Waals surface area contributed by atoms with Crippen LogP contribution in [-0.4, -0.2) is 48.8 Å². The van der Waals surface area contributed by atoms with Gasteiger partial charge in [0.15, 0.2) is 0 Å². The summed E-state index contributed by atoms with van der Waals surface area (Å²) >= 11 is 0. The highest BCUT2D eigenvalue weighted by atomic mass is 16.5. The molecule has 3 nitrogen and oxygen atoms in total. The van der Waals surface area contributed by atoms with E-state index in [9.17, 15) is 0 Å². The Kier molecular flexibility index (Phi) is 1.86. The van der Waals surface area contributed by atoms with Crippen molar-refractivity contribution in [1.29, 1.82) is 0 Å². The van der Waals surface area contributed by atoms with E-state index in [2.05, 4.69) is 17.1 Å². The molecule has 1 N–H and O–H groups in total. The van der Waals surface area contributed by atoms with Crippen molar-refractivity contribution in [1.82, 2.24) is 10.2 Å². The Balaban J connectivity index is 1.71. The molecule has 13 heavy (non-hydrogen) atoms. The van der Waals surface area contributed by atoms with Crippen molar-refractivity contribution in [2.24, 2.45) is 0 Å². The van der Waals surface area contributed by atoms with Crippen LogP contribution in [0.1, 0.15) is 19.8 Å². The summed E-state index contributed by atoms with van der Waals surface area (Å²) < 4.78 is 5.49. The summed E-state index contributed by atoms with van der Waals surface area (Å²) in [5.74, 6) is 0. The van der Waals surface area contributed by atoms with Crippen molar-refractivity contribution in [3.05, 3.63) is 0 Å². The summed E-state index contributed by atoms with van der Waals surface area (Å²) in [7, 11) is 0. The maximum atomic E-state index is 5.49. The molecule has 0 aromatic carbocycles. The lowest BCUT2D eigenvalue weighted by Gasteiger charge is -2.56. The molecule has 0 saturated carbocycles. The maximum Gasteiger partial charge on any atom is 0.0623 e. The normalized spacial score (nSPS) is 50.5. The summed E-state index contributed by atoms with van der Waals surface area (Å²) in [5, 5.41) is 3.53. The number of hydrogen-bond acceptors (Lipinski definition) is 3. The summed E-state index contributed by atoms with van der Waals surface area (Å²) in [6.45, 7) is 5.45. The third-order valence-corrected chi connectivity index (χ3v) is 3.87. The maximum absolute atomic E-state index is 5.49. The van der Waals surface area contributed by atoms with E-state index >= 15 is 0 Å². The van der Waals surface area contributed by atoms with E-state index < -0.39 is 0 Å². The van der Waals surface area contributed by atoms with Gasteiger partial charge in [0.2, 0.25) is 0 Å². The number of nitrogens with one attached hydrogen (secondary N) is 1. The van der Waals surface area contributed by atoms with Crippen molar-refractivity contribution < 1.29 is 4.74 Å². The molecular formula is C10H18N2O. The van der Waals surface area contributed by atoms with E-state index in [4.69, 9.17) is 4.74 Å². The van der Waals surface area contributed by atoms with E-state index in [0.29, 0.717) is 6.04 Å². The molecule has 0 aromatic rings. The second-order valence-corrected chi connectivity index (χ2v) is 4.63. The largest absolute Gasteiger partial charge is 0.378 e. The third-order valence-electron chi connectivity index (χ3n) is 3.87. The Morgan fingerprint density at radius 1 is 1.31 bits per heavy atom. The monoisotopic (exact) mass is 182 g/mol. The lowest BCUT2D eigenvalue weighted by Crippen LogP contribution is -2.68. The quantitative estimate of drug-likeness (QED) is 0.627. The number of hydrogen-bond donors (Lipinski definition) is 1. The molecule has 0 spiro atoms. The summed E-state index contributed by atoms with van der Waals surface area (Å²) in [4.78, 5) is 2.70. The van der Waals surface area contributed by atoms with Crippen molar-refractivity contribution in [3.63, 3.8) is 0 Å². The van der Waals surface area contributed by atoms with Crippen molar-refractivity contribution in [3.8, 4) is 0 Å². The van der Waals surface area contributed by atoms with Gasteiger partial charge in [-0.25, -0.2) is 0 Å². The van der Waals surface area contributed by atoms with E-state index in [1.165, 1.54) is 19.4 Å². The minimum absolute atomic E-state index is 0.684. The fourth-order valence-electron chi connectivity index (χ4n) is 3.16. The van der Waals surface area contributed by atoms with Crippen LogP contribution < -0.4 is 5.32 Å². The van der Waals surface area contributed by atoms with Crippen molar-refractivity contribution in [2.75, 3.05) is 19.8 Å². The van der Waals surface area contributed by atoms with Crippen LogP contribution in [0.25, 0.3) is 0 Å². The first-order chi connectivity index (χ1) is 6.36. The number of rotatable bonds is 1. The Hall–Kier alpha value is -0.120. The molecule has 0 aliphatic carbocycles. The zero-order chi connectivity index (χ0) is 8.84. The smallest absolute Gasteiger partial charge is 0.0623 e. The Bertz CT molecular complexity index is 195. The highest BCUT2D eigenvalue weighted by molar-refractivity contribution is 5.03. The summed E-state index contributed by atoms with van der Waals surface area (Å²) in [6, 6.07) is 2.95. The molecule has 2 bridgehead atoms. The summed E-state index contributed by atoms with van der Waals surface area (Å²) in [5.41, 5.74) is 0. The topological polar surface area (TPSA) is 24.5 Å². The Morgan fingerprint density at radius 3 is 2.62 bits per heavy atom. The van der Waals surface area contributed by atoms with Gasteiger partial charge in [-0.05, 0) is 26.3 Å². The molecule has 2 unspecified atom stereocenters. The van der Waals surface area contributed by atoms with Crippen LogP contribution in [0.4, 0.5) is 0 Å². The van der Waals surface area contributed by atoms with Crippen LogP contribution in [0.3, 0.4) is 0 Å². The standard InChI is InChI=1S/C10H18N2O/c1-7-10(2-3-11-7)12-8-4-9(12)6-13-5-8/h7-11H,2-6H2,1H3/t7-,8?,9?,10-/m0/s1. The molecule has 0 radical (unpaired) electrons. The number of fused-ring (bicyclic) bond motifs is 2. The SMILES string of the molecule is C[C@@H]1NCC[C@@H]1N1C2COCC1C2. The average molecular weight is 182 g/mol. The first kappa shape index (κ1) is 8.21. The molecule has 3 heterocycles. The molecular weight excluding hydrogens is 164 g/mol. The number of morpholine rings is 1. The molecule has 4 atom stereocenters. The van der Waals surface area contributed by atoms with Crippen LogP contribution in [0.15, 0.2) is 0 Å². The summed E-state index contributed by atoms with van der Waals surface area (Å²) in [6.07, 6.45) is 2.71. The van der Waals surface area contributed by atoms with Gasteiger partial charge < -0.3 is 10.1 Å². The van der Waals surface area contributed by atoms with Gasteiger partial charge in [-0.1, -0.05) is 0 Å². The van der Waals surface area contributed by atoms with Gasteiger partial charge in [0, 0.05) is 24.2 Å². The number of ether oxygens (including phenoxy) is 1. The predicted molar refractivity (Wildman–Crippen MR) is 50.7 cm³/mol. The van der Waals surface area contributed by atoms with Gasteiger partial charge in [0.25, 0.3) is 0 Å². The van der Waals surface area contributed by atoms with Crippen molar-refractivity contribution >= 4 is 0 Å². The lowest BCUT2D eigenvalue weighted by atomic mass is 9.87. The zero-order valence-corrected chi connectivity index (χ0v) is 8.20. The zero-order valence-electron chi connectivity index (χ0n) is 8.20. The highest BCUT2D eigenvalue weighted by Crippen LogP contribution is 2.35. The minimum Gasteiger partial charge on any atom is -0.378 e. The molecule has 3 aliphatic rings. The number of nitrogens with zero attached hydrogens (tertiary/aromatic N) is 1. The fraction of sp³-hybridized carbons (Fsp3) is 1.00. The van der Waals surface area contributed by atoms with Gasteiger partial charge in [0.1, 0.15) is 0 Å². The third kappa shape index (κ3) is 1.14. The fourth-order valence-corrected chi connectivity index (χ4v) is 3.16. The van der Waals surface area contributed by atoms with E-state index in [1.807, 2.05) is 0 Å². The van der Waals surface area contributed by atoms with Crippen LogP contribution in [0.5, 0.6) is 0 Å². The van der Waals surface area contributed by atoms with Crippen LogP contribution in [-0.2, 0) is 4.74 Å². The predicted octanol–water partition coefficient (Wildman–Crippen LogP) is 0.210. The molecule has 3 saturated heterocycles. The van der Waals surface area contributed by atoms with Crippen molar-refractivity contribution in [2.45, 2.75) is 43.9 Å². The molecule has 0 amide bonds. The van der Waals surface area contributed by atoms with E-state index in [1.54, 1.807) is 0 Å². The Labute approximate surface area is 79.4 Å². The van der Waals surface area contributed by atoms with Gasteiger partial charge >= 0.3 is 0 Å². The van der Waals surface area contributed by atoms with Gasteiger partial charge in [-0.15, -0.1) is 0 Å². The second kappa shape index (κ2) is 2.94. The Morgan fingerprint density at radius 2 is 2.08 bits per heavy atom. The van der Waals surface area contributed by atoms with E-state index in [0.717, 1.165) is 31.3 Å². The van der Waals surface area contributed by atoms with Gasteiger partial charge in [-0.2, -0.15) is 0 Å². The van der Waals surface area contributed by atoms with Crippen LogP contribution in [0.2, 0.25) is 0 Å². The van der Waals surface area contributed by atoms with E-state index in [-0.39, 0.29) is 0 Å². The molecule has 3 fully saturated rings. The first-order valence-electron chi connectivity index (χ1n) is 5.45. The van der Waals surface area contributed by atoms with Gasteiger partial charge in [-0.3, -0.25) is 4.90 Å². The lowest BCUT2D eigenvalue weighted by molar-refractivity contribution is -0.147. The molecule has 3 rings (SSSR count). The van der Waals surface area contributed by atoms with Crippen LogP contribution in [0, 0.1) is 0 Å². The first-order valence-corrected chi connectivity index (χ1v) is 5.45. The highest BCUT2D eigenvalue weighted by Gasteiger charge is 2.47. The molecule has 3 heteroatoms. The molecule has 0 aromatic heterocycles. The average Bonchev–Trinajstić information content (AvgIpc) is 2.54. The molecule has 74 valence electrons. The second-order valence-electron chi connectivity index (χ2n) is 4.63. The van der Waals surface area contributed by atoms with Crippen LogP contribution >= 0.6 is 0 Å².